The molecule has 0 bridgehead atoms. The standard InChI is InChI=1S/C14H14N2O5/c1-9(17)10-3-6-14(15-8-10)21-13-5-4-11(20-2)7-12(13)16(18)19/h3-9,17H,1-2H3/t9-/m1/s1. The van der Waals surface area contributed by atoms with Crippen molar-refractivity contribution in [3.63, 3.8) is 0 Å². The molecule has 1 atom stereocenters. The first-order chi connectivity index (χ1) is 10.0. The SMILES string of the molecule is COc1ccc(Oc2ccc([C@@H](C)O)cn2)c([N+](=O)[O-])c1. The summed E-state index contributed by atoms with van der Waals surface area (Å²) in [7, 11) is 1.43. The number of nitro groups is 1. The Morgan fingerprint density at radius 3 is 2.62 bits per heavy atom. The van der Waals surface area contributed by atoms with Gasteiger partial charge in [0, 0.05) is 12.3 Å². The van der Waals surface area contributed by atoms with Gasteiger partial charge < -0.3 is 14.6 Å². The highest BCUT2D eigenvalue weighted by molar-refractivity contribution is 5.52. The molecule has 2 rings (SSSR count). The van der Waals surface area contributed by atoms with E-state index in [9.17, 15) is 15.2 Å². The van der Waals surface area contributed by atoms with E-state index < -0.39 is 11.0 Å². The number of benzene rings is 1. The molecule has 0 aliphatic carbocycles. The van der Waals surface area contributed by atoms with E-state index in [0.29, 0.717) is 11.3 Å². The Bertz CT molecular complexity index is 640. The topological polar surface area (TPSA) is 94.7 Å². The van der Waals surface area contributed by atoms with Gasteiger partial charge in [0.05, 0.1) is 24.2 Å². The Hall–Kier alpha value is -2.67. The molecule has 0 spiro atoms. The molecular formula is C14H14N2O5. The van der Waals surface area contributed by atoms with E-state index in [1.165, 1.54) is 31.5 Å². The van der Waals surface area contributed by atoms with Crippen molar-refractivity contribution in [3.05, 3.63) is 52.2 Å². The third-order valence-corrected chi connectivity index (χ3v) is 2.82. The van der Waals surface area contributed by atoms with Crippen LogP contribution in [0.1, 0.15) is 18.6 Å². The number of hydrogen-bond donors (Lipinski definition) is 1. The van der Waals surface area contributed by atoms with Gasteiger partial charge in [-0.1, -0.05) is 0 Å². The van der Waals surface area contributed by atoms with Crippen LogP contribution in [0.15, 0.2) is 36.5 Å². The maximum Gasteiger partial charge on any atom is 0.315 e. The molecule has 0 aliphatic heterocycles. The normalized spacial score (nSPS) is 11.8. The van der Waals surface area contributed by atoms with E-state index >= 15 is 0 Å². The van der Waals surface area contributed by atoms with Gasteiger partial charge in [0.25, 0.3) is 0 Å². The Labute approximate surface area is 120 Å². The zero-order valence-corrected chi connectivity index (χ0v) is 11.5. The number of hydrogen-bond acceptors (Lipinski definition) is 6. The number of nitro benzene ring substituents is 1. The molecule has 0 aliphatic rings. The highest BCUT2D eigenvalue weighted by Crippen LogP contribution is 2.33. The molecule has 1 aromatic carbocycles. The number of aliphatic hydroxyl groups is 1. The fourth-order valence-electron chi connectivity index (χ4n) is 1.67. The monoisotopic (exact) mass is 290 g/mol. The lowest BCUT2D eigenvalue weighted by atomic mass is 10.2. The van der Waals surface area contributed by atoms with Crippen molar-refractivity contribution in [2.45, 2.75) is 13.0 Å². The average molecular weight is 290 g/mol. The molecule has 1 heterocycles. The second-order valence-electron chi connectivity index (χ2n) is 4.30. The van der Waals surface area contributed by atoms with Crippen LogP contribution in [0, 0.1) is 10.1 Å². The number of pyridine rings is 1. The predicted molar refractivity (Wildman–Crippen MR) is 74.6 cm³/mol. The first kappa shape index (κ1) is 14.7. The average Bonchev–Trinajstić information content (AvgIpc) is 2.48. The number of aromatic nitrogens is 1. The van der Waals surface area contributed by atoms with Gasteiger partial charge in [-0.2, -0.15) is 0 Å². The van der Waals surface area contributed by atoms with Crippen LogP contribution in [0.3, 0.4) is 0 Å². The lowest BCUT2D eigenvalue weighted by molar-refractivity contribution is -0.385. The van der Waals surface area contributed by atoms with Crippen LogP contribution in [0.25, 0.3) is 0 Å². The van der Waals surface area contributed by atoms with Crippen LogP contribution in [0.2, 0.25) is 0 Å². The summed E-state index contributed by atoms with van der Waals surface area (Å²) in [5.41, 5.74) is 0.419. The highest BCUT2D eigenvalue weighted by atomic mass is 16.6. The van der Waals surface area contributed by atoms with Crippen LogP contribution in [0.4, 0.5) is 5.69 Å². The molecular weight excluding hydrogens is 276 g/mol. The molecule has 110 valence electrons. The number of nitrogens with zero attached hydrogens (tertiary/aromatic N) is 2. The molecule has 0 unspecified atom stereocenters. The summed E-state index contributed by atoms with van der Waals surface area (Å²) in [5.74, 6) is 0.636. The van der Waals surface area contributed by atoms with Gasteiger partial charge in [-0.15, -0.1) is 0 Å². The summed E-state index contributed by atoms with van der Waals surface area (Å²) in [4.78, 5) is 14.5. The Morgan fingerprint density at radius 1 is 1.33 bits per heavy atom. The Morgan fingerprint density at radius 2 is 2.10 bits per heavy atom. The van der Waals surface area contributed by atoms with Crippen molar-refractivity contribution < 1.29 is 19.5 Å². The highest BCUT2D eigenvalue weighted by Gasteiger charge is 2.17. The summed E-state index contributed by atoms with van der Waals surface area (Å²) >= 11 is 0. The van der Waals surface area contributed by atoms with E-state index in [0.717, 1.165) is 0 Å². The summed E-state index contributed by atoms with van der Waals surface area (Å²) in [6.45, 7) is 1.62. The van der Waals surface area contributed by atoms with E-state index in [-0.39, 0.29) is 17.3 Å². The summed E-state index contributed by atoms with van der Waals surface area (Å²) in [6.07, 6.45) is 0.817. The first-order valence-electron chi connectivity index (χ1n) is 6.15. The van der Waals surface area contributed by atoms with E-state index in [1.807, 2.05) is 0 Å². The van der Waals surface area contributed by atoms with Crippen molar-refractivity contribution in [1.29, 1.82) is 0 Å². The van der Waals surface area contributed by atoms with Crippen molar-refractivity contribution >= 4 is 5.69 Å². The summed E-state index contributed by atoms with van der Waals surface area (Å²) < 4.78 is 10.4. The minimum absolute atomic E-state index is 0.0677. The predicted octanol–water partition coefficient (Wildman–Crippen LogP) is 2.84. The zero-order valence-electron chi connectivity index (χ0n) is 11.5. The fourth-order valence-corrected chi connectivity index (χ4v) is 1.67. The van der Waals surface area contributed by atoms with Crippen LogP contribution in [0.5, 0.6) is 17.4 Å². The van der Waals surface area contributed by atoms with Crippen molar-refractivity contribution in [1.82, 2.24) is 4.98 Å². The maximum absolute atomic E-state index is 11.0. The largest absolute Gasteiger partial charge is 0.496 e. The van der Waals surface area contributed by atoms with Crippen molar-refractivity contribution in [2.75, 3.05) is 7.11 Å². The maximum atomic E-state index is 11.0. The molecule has 2 aromatic rings. The lowest BCUT2D eigenvalue weighted by Crippen LogP contribution is -1.97. The molecule has 0 saturated carbocycles. The van der Waals surface area contributed by atoms with Crippen LogP contribution >= 0.6 is 0 Å². The second-order valence-corrected chi connectivity index (χ2v) is 4.30. The molecule has 0 saturated heterocycles. The number of ether oxygens (including phenoxy) is 2. The molecule has 7 nitrogen and oxygen atoms in total. The molecule has 7 heteroatoms. The van der Waals surface area contributed by atoms with Crippen LogP contribution in [-0.4, -0.2) is 22.1 Å². The van der Waals surface area contributed by atoms with Gasteiger partial charge >= 0.3 is 5.69 Å². The minimum Gasteiger partial charge on any atom is -0.496 e. The number of methoxy groups -OCH3 is 1. The smallest absolute Gasteiger partial charge is 0.315 e. The van der Waals surface area contributed by atoms with Gasteiger partial charge in [0.2, 0.25) is 11.6 Å². The first-order valence-corrected chi connectivity index (χ1v) is 6.15. The second kappa shape index (κ2) is 6.19. The third kappa shape index (κ3) is 3.46. The van der Waals surface area contributed by atoms with E-state index in [1.54, 1.807) is 19.1 Å². The van der Waals surface area contributed by atoms with Gasteiger partial charge in [-0.05, 0) is 30.7 Å². The summed E-state index contributed by atoms with van der Waals surface area (Å²) in [6, 6.07) is 7.46. The minimum atomic E-state index is -0.637. The van der Waals surface area contributed by atoms with Gasteiger partial charge in [0.1, 0.15) is 5.75 Å². The van der Waals surface area contributed by atoms with Crippen molar-refractivity contribution in [2.24, 2.45) is 0 Å². The Kier molecular flexibility index (Phi) is 4.34. The van der Waals surface area contributed by atoms with E-state index in [2.05, 4.69) is 4.98 Å². The summed E-state index contributed by atoms with van der Waals surface area (Å²) in [5, 5.41) is 20.4. The van der Waals surface area contributed by atoms with Crippen LogP contribution in [-0.2, 0) is 0 Å². The Balaban J connectivity index is 2.28. The number of rotatable bonds is 5. The lowest BCUT2D eigenvalue weighted by Gasteiger charge is -2.08. The fraction of sp³-hybridized carbons (Fsp3) is 0.214. The molecule has 0 amide bonds. The number of aliphatic hydroxyl groups excluding tert-OH is 1. The van der Waals surface area contributed by atoms with E-state index in [4.69, 9.17) is 9.47 Å². The quantitative estimate of drug-likeness (QED) is 0.672. The molecule has 0 radical (unpaired) electrons. The molecule has 0 fully saturated rings. The van der Waals surface area contributed by atoms with Crippen LogP contribution < -0.4 is 9.47 Å². The zero-order chi connectivity index (χ0) is 15.4. The van der Waals surface area contributed by atoms with Crippen molar-refractivity contribution in [3.8, 4) is 17.4 Å². The van der Waals surface area contributed by atoms with Gasteiger partial charge in [0.15, 0.2) is 0 Å². The third-order valence-electron chi connectivity index (χ3n) is 2.82. The van der Waals surface area contributed by atoms with Gasteiger partial charge in [-0.3, -0.25) is 10.1 Å². The van der Waals surface area contributed by atoms with Gasteiger partial charge in [-0.25, -0.2) is 4.98 Å². The molecule has 1 N–H and O–H groups in total. The molecule has 1 aromatic heterocycles. The molecule has 21 heavy (non-hydrogen) atoms.